The van der Waals surface area contributed by atoms with Crippen LogP contribution in [-0.2, 0) is 16.0 Å². The summed E-state index contributed by atoms with van der Waals surface area (Å²) < 4.78 is 10.9. The van der Waals surface area contributed by atoms with Crippen LogP contribution in [0.5, 0.6) is 5.75 Å². The lowest BCUT2D eigenvalue weighted by molar-refractivity contribution is -0.162. The van der Waals surface area contributed by atoms with Gasteiger partial charge in [-0.2, -0.15) is 0 Å². The van der Waals surface area contributed by atoms with E-state index >= 15 is 0 Å². The Morgan fingerprint density at radius 2 is 1.96 bits per heavy atom. The Bertz CT molecular complexity index is 593. The number of aliphatic hydroxyl groups excluding tert-OH is 2. The van der Waals surface area contributed by atoms with Crippen molar-refractivity contribution in [1.82, 2.24) is 0 Å². The molecule has 0 fully saturated rings. The number of benzene rings is 1. The van der Waals surface area contributed by atoms with Crippen LogP contribution in [-0.4, -0.2) is 52.3 Å². The van der Waals surface area contributed by atoms with Crippen LogP contribution in [0.15, 0.2) is 24.3 Å². The fourth-order valence-corrected chi connectivity index (χ4v) is 2.35. The molecule has 126 valence electrons. The summed E-state index contributed by atoms with van der Waals surface area (Å²) in [5.74, 6) is -0.537. The molecule has 23 heavy (non-hydrogen) atoms. The van der Waals surface area contributed by atoms with Crippen molar-refractivity contribution in [3.63, 3.8) is 0 Å². The normalized spacial score (nSPS) is 22.3. The third-order valence-electron chi connectivity index (χ3n) is 3.53. The van der Waals surface area contributed by atoms with Gasteiger partial charge in [0.1, 0.15) is 12.4 Å². The second-order valence-electron chi connectivity index (χ2n) is 5.89. The van der Waals surface area contributed by atoms with E-state index in [2.05, 4.69) is 0 Å². The molecule has 0 aromatic heterocycles. The smallest absolute Gasteiger partial charge is 0.340 e. The van der Waals surface area contributed by atoms with Crippen LogP contribution in [0, 0.1) is 0 Å². The van der Waals surface area contributed by atoms with Gasteiger partial charge in [0.25, 0.3) is 0 Å². The number of carbonyl (C=O) groups is 1. The van der Waals surface area contributed by atoms with Gasteiger partial charge in [-0.05, 0) is 43.2 Å². The standard InChI is InChI=1S/C17H22O6/c1-11(18)9-22-15-4-3-13-5-6-17(16(20)21,8-14(13)7-15)23-10-12(2)19/h3-7,11-12,18-19H,8-10H2,1-2H3,(H,20,21). The molecule has 1 aliphatic carbocycles. The zero-order valence-electron chi connectivity index (χ0n) is 13.2. The van der Waals surface area contributed by atoms with Crippen LogP contribution >= 0.6 is 0 Å². The van der Waals surface area contributed by atoms with Gasteiger partial charge >= 0.3 is 5.97 Å². The molecule has 0 saturated carbocycles. The van der Waals surface area contributed by atoms with Crippen LogP contribution in [0.25, 0.3) is 6.08 Å². The molecule has 3 atom stereocenters. The fraction of sp³-hybridized carbons (Fsp3) is 0.471. The van der Waals surface area contributed by atoms with Crippen molar-refractivity contribution in [2.45, 2.75) is 38.1 Å². The lowest BCUT2D eigenvalue weighted by Gasteiger charge is -2.31. The molecular weight excluding hydrogens is 300 g/mol. The number of carboxylic acid groups (broad SMARTS) is 1. The summed E-state index contributed by atoms with van der Waals surface area (Å²) in [6, 6.07) is 5.37. The number of ether oxygens (including phenoxy) is 2. The minimum Gasteiger partial charge on any atom is -0.491 e. The molecule has 0 amide bonds. The zero-order chi connectivity index (χ0) is 17.0. The van der Waals surface area contributed by atoms with Crippen molar-refractivity contribution in [3.8, 4) is 5.75 Å². The molecule has 1 aromatic carbocycles. The van der Waals surface area contributed by atoms with Crippen LogP contribution in [0.1, 0.15) is 25.0 Å². The largest absolute Gasteiger partial charge is 0.491 e. The number of hydrogen-bond donors (Lipinski definition) is 3. The van der Waals surface area contributed by atoms with Gasteiger partial charge in [-0.1, -0.05) is 12.1 Å². The average Bonchev–Trinajstić information content (AvgIpc) is 2.50. The minimum atomic E-state index is -1.49. The summed E-state index contributed by atoms with van der Waals surface area (Å²) in [5.41, 5.74) is 0.183. The first-order valence-corrected chi connectivity index (χ1v) is 7.51. The molecule has 1 aliphatic rings. The first kappa shape index (κ1) is 17.5. The van der Waals surface area contributed by atoms with E-state index in [1.807, 2.05) is 6.07 Å². The van der Waals surface area contributed by atoms with Gasteiger partial charge in [-0.3, -0.25) is 0 Å². The Morgan fingerprint density at radius 3 is 2.57 bits per heavy atom. The van der Waals surface area contributed by atoms with Crippen molar-refractivity contribution in [3.05, 3.63) is 35.4 Å². The second kappa shape index (κ2) is 7.12. The Morgan fingerprint density at radius 1 is 1.26 bits per heavy atom. The highest BCUT2D eigenvalue weighted by Gasteiger charge is 2.40. The minimum absolute atomic E-state index is 0.0653. The van der Waals surface area contributed by atoms with E-state index in [4.69, 9.17) is 9.47 Å². The highest BCUT2D eigenvalue weighted by atomic mass is 16.5. The summed E-state index contributed by atoms with van der Waals surface area (Å²) in [4.78, 5) is 11.7. The van der Waals surface area contributed by atoms with Crippen LogP contribution in [0.3, 0.4) is 0 Å². The number of hydrogen-bond acceptors (Lipinski definition) is 5. The monoisotopic (exact) mass is 322 g/mol. The van der Waals surface area contributed by atoms with Crippen LogP contribution in [0.2, 0.25) is 0 Å². The van der Waals surface area contributed by atoms with Crippen molar-refractivity contribution < 1.29 is 29.6 Å². The summed E-state index contributed by atoms with van der Waals surface area (Å²) in [6.07, 6.45) is 2.02. The Balaban J connectivity index is 2.22. The summed E-state index contributed by atoms with van der Waals surface area (Å²) in [6.45, 7) is 3.26. The summed E-state index contributed by atoms with van der Waals surface area (Å²) in [7, 11) is 0. The maximum absolute atomic E-state index is 11.7. The second-order valence-corrected chi connectivity index (χ2v) is 5.89. The van der Waals surface area contributed by atoms with E-state index in [9.17, 15) is 20.1 Å². The third-order valence-corrected chi connectivity index (χ3v) is 3.53. The average molecular weight is 322 g/mol. The Hall–Kier alpha value is -1.89. The van der Waals surface area contributed by atoms with Gasteiger partial charge in [0.05, 0.1) is 18.8 Å². The van der Waals surface area contributed by atoms with E-state index in [-0.39, 0.29) is 19.6 Å². The molecule has 0 spiro atoms. The maximum atomic E-state index is 11.7. The number of carboxylic acids is 1. The highest BCUT2D eigenvalue weighted by molar-refractivity contribution is 5.84. The van der Waals surface area contributed by atoms with Crippen molar-refractivity contribution in [2.75, 3.05) is 13.2 Å². The molecule has 0 saturated heterocycles. The number of aliphatic carboxylic acids is 1. The molecule has 3 unspecified atom stereocenters. The number of fused-ring (bicyclic) bond motifs is 1. The van der Waals surface area contributed by atoms with E-state index in [1.165, 1.54) is 13.0 Å². The molecule has 6 nitrogen and oxygen atoms in total. The lowest BCUT2D eigenvalue weighted by atomic mass is 9.85. The van der Waals surface area contributed by atoms with Gasteiger partial charge in [-0.25, -0.2) is 4.79 Å². The summed E-state index contributed by atoms with van der Waals surface area (Å²) >= 11 is 0. The first-order valence-electron chi connectivity index (χ1n) is 7.51. The fourth-order valence-electron chi connectivity index (χ4n) is 2.35. The topological polar surface area (TPSA) is 96.2 Å². The molecule has 2 rings (SSSR count). The molecule has 3 N–H and O–H groups in total. The number of aliphatic hydroxyl groups is 2. The SMILES string of the molecule is CC(O)COc1ccc2c(c1)CC(OCC(C)O)(C(=O)O)C=C2. The quantitative estimate of drug-likeness (QED) is 0.699. The predicted molar refractivity (Wildman–Crippen MR) is 84.4 cm³/mol. The van der Waals surface area contributed by atoms with Gasteiger partial charge < -0.3 is 24.8 Å². The molecule has 1 aromatic rings. The molecular formula is C17H22O6. The van der Waals surface area contributed by atoms with Crippen molar-refractivity contribution >= 4 is 12.0 Å². The Labute approximate surface area is 135 Å². The molecule has 0 bridgehead atoms. The Kier molecular flexibility index (Phi) is 5.41. The molecule has 0 heterocycles. The summed E-state index contributed by atoms with van der Waals surface area (Å²) in [5, 5.41) is 28.2. The van der Waals surface area contributed by atoms with E-state index in [0.717, 1.165) is 11.1 Å². The van der Waals surface area contributed by atoms with Crippen LogP contribution < -0.4 is 4.74 Å². The molecule has 0 aliphatic heterocycles. The van der Waals surface area contributed by atoms with E-state index < -0.39 is 23.8 Å². The number of rotatable bonds is 7. The van der Waals surface area contributed by atoms with Crippen LogP contribution in [0.4, 0.5) is 0 Å². The first-order chi connectivity index (χ1) is 10.8. The third kappa shape index (κ3) is 4.31. The van der Waals surface area contributed by atoms with Crippen molar-refractivity contribution in [1.29, 1.82) is 0 Å². The van der Waals surface area contributed by atoms with Gasteiger partial charge in [-0.15, -0.1) is 0 Å². The van der Waals surface area contributed by atoms with E-state index in [0.29, 0.717) is 5.75 Å². The molecule has 0 radical (unpaired) electrons. The maximum Gasteiger partial charge on any atom is 0.340 e. The van der Waals surface area contributed by atoms with Gasteiger partial charge in [0.2, 0.25) is 0 Å². The zero-order valence-corrected chi connectivity index (χ0v) is 13.2. The van der Waals surface area contributed by atoms with Gasteiger partial charge in [0, 0.05) is 6.42 Å². The van der Waals surface area contributed by atoms with Gasteiger partial charge in [0.15, 0.2) is 5.60 Å². The lowest BCUT2D eigenvalue weighted by Crippen LogP contribution is -2.44. The molecule has 6 heteroatoms. The van der Waals surface area contributed by atoms with Crippen molar-refractivity contribution in [2.24, 2.45) is 0 Å². The van der Waals surface area contributed by atoms with E-state index in [1.54, 1.807) is 25.1 Å². The predicted octanol–water partition coefficient (Wildman–Crippen LogP) is 1.24. The highest BCUT2D eigenvalue weighted by Crippen LogP contribution is 2.32.